The highest BCUT2D eigenvalue weighted by Crippen LogP contribution is 2.30. The molecule has 2 aromatic rings. The first-order valence-corrected chi connectivity index (χ1v) is 7.33. The molecule has 2 rings (SSSR count). The van der Waals surface area contributed by atoms with Gasteiger partial charge in [0.25, 0.3) is 5.91 Å². The van der Waals surface area contributed by atoms with Crippen molar-refractivity contribution in [2.75, 3.05) is 7.11 Å². The summed E-state index contributed by atoms with van der Waals surface area (Å²) in [5.74, 6) is -14.0. The number of rotatable bonds is 5. The Hall–Kier alpha value is -3.01. The number of nitrogens with one attached hydrogen (secondary N) is 1. The van der Waals surface area contributed by atoms with E-state index < -0.39 is 58.7 Å². The molecule has 0 spiro atoms. The van der Waals surface area contributed by atoms with Crippen molar-refractivity contribution in [1.29, 1.82) is 0 Å². The average Bonchev–Trinajstić information content (AvgIpc) is 2.68. The molecule has 0 bridgehead atoms. The van der Waals surface area contributed by atoms with Crippen LogP contribution < -0.4 is 5.32 Å². The molecule has 144 valence electrons. The molecule has 2 aromatic carbocycles. The summed E-state index contributed by atoms with van der Waals surface area (Å²) < 4.78 is 72.0. The molecule has 2 N–H and O–H groups in total. The van der Waals surface area contributed by atoms with Crippen LogP contribution in [0, 0.1) is 29.1 Å². The van der Waals surface area contributed by atoms with E-state index in [1.54, 1.807) is 6.07 Å². The van der Waals surface area contributed by atoms with Crippen LogP contribution in [0.3, 0.4) is 0 Å². The molecule has 0 saturated carbocycles. The summed E-state index contributed by atoms with van der Waals surface area (Å²) >= 11 is 0. The fraction of sp³-hybridized carbons (Fsp3) is 0.176. The number of esters is 1. The van der Waals surface area contributed by atoms with Crippen molar-refractivity contribution in [3.8, 4) is 0 Å². The third kappa shape index (κ3) is 3.90. The molecular weight excluding hydrogens is 377 g/mol. The van der Waals surface area contributed by atoms with Crippen LogP contribution in [0.1, 0.15) is 22.0 Å². The molecule has 0 heterocycles. The van der Waals surface area contributed by atoms with Crippen LogP contribution in [0.4, 0.5) is 22.0 Å². The summed E-state index contributed by atoms with van der Waals surface area (Å²) in [4.78, 5) is 24.0. The van der Waals surface area contributed by atoms with Gasteiger partial charge in [-0.3, -0.25) is 4.79 Å². The fourth-order valence-electron chi connectivity index (χ4n) is 2.26. The zero-order valence-corrected chi connectivity index (χ0v) is 13.6. The first-order chi connectivity index (χ1) is 12.7. The predicted octanol–water partition coefficient (Wildman–Crippen LogP) is 2.39. The Bertz CT molecular complexity index is 846. The van der Waals surface area contributed by atoms with Gasteiger partial charge in [-0.25, -0.2) is 26.7 Å². The summed E-state index contributed by atoms with van der Waals surface area (Å²) in [5, 5.41) is 12.1. The lowest BCUT2D eigenvalue weighted by Gasteiger charge is -2.23. The molecule has 0 aliphatic rings. The van der Waals surface area contributed by atoms with Gasteiger partial charge < -0.3 is 15.2 Å². The molecule has 27 heavy (non-hydrogen) atoms. The van der Waals surface area contributed by atoms with E-state index in [1.165, 1.54) is 24.3 Å². The number of aliphatic hydroxyl groups is 1. The monoisotopic (exact) mass is 389 g/mol. The van der Waals surface area contributed by atoms with Crippen molar-refractivity contribution in [3.63, 3.8) is 0 Å². The molecule has 0 unspecified atom stereocenters. The molecule has 0 aliphatic carbocycles. The molecule has 10 heteroatoms. The van der Waals surface area contributed by atoms with Crippen LogP contribution in [0.25, 0.3) is 0 Å². The smallest absolute Gasteiger partial charge is 0.331 e. The summed E-state index contributed by atoms with van der Waals surface area (Å²) in [7, 11) is 0.843. The Morgan fingerprint density at radius 1 is 0.926 bits per heavy atom. The van der Waals surface area contributed by atoms with E-state index in [4.69, 9.17) is 0 Å². The lowest BCUT2D eigenvalue weighted by Crippen LogP contribution is -2.46. The van der Waals surface area contributed by atoms with E-state index in [9.17, 15) is 36.6 Å². The van der Waals surface area contributed by atoms with Crippen molar-refractivity contribution in [1.82, 2.24) is 5.32 Å². The minimum atomic E-state index is -2.62. The Balaban J connectivity index is 2.46. The molecule has 2 atom stereocenters. The van der Waals surface area contributed by atoms with Crippen LogP contribution in [0.2, 0.25) is 0 Å². The van der Waals surface area contributed by atoms with Gasteiger partial charge in [0.2, 0.25) is 5.82 Å². The fourth-order valence-corrected chi connectivity index (χ4v) is 2.26. The minimum Gasteiger partial charge on any atom is -0.467 e. The van der Waals surface area contributed by atoms with Crippen LogP contribution in [0.15, 0.2) is 30.3 Å². The molecule has 0 radical (unpaired) electrons. The van der Waals surface area contributed by atoms with Gasteiger partial charge in [-0.2, -0.15) is 0 Å². The summed E-state index contributed by atoms with van der Waals surface area (Å²) in [5.41, 5.74) is -1.66. The molecule has 0 aromatic heterocycles. The second-order valence-corrected chi connectivity index (χ2v) is 5.27. The number of carbonyl (C=O) groups is 2. The number of ether oxygens (including phenoxy) is 1. The number of halogens is 5. The highest BCUT2D eigenvalue weighted by molar-refractivity contribution is 5.96. The second-order valence-electron chi connectivity index (χ2n) is 5.27. The Labute approximate surface area is 149 Å². The van der Waals surface area contributed by atoms with Gasteiger partial charge >= 0.3 is 5.97 Å². The summed E-state index contributed by atoms with van der Waals surface area (Å²) in [6.07, 6.45) is -2.62. The van der Waals surface area contributed by atoms with Crippen molar-refractivity contribution >= 4 is 11.9 Å². The normalized spacial score (nSPS) is 13.0. The zero-order valence-electron chi connectivity index (χ0n) is 13.6. The van der Waals surface area contributed by atoms with Gasteiger partial charge in [-0.1, -0.05) is 18.2 Å². The standard InChI is InChI=1S/C17H12F5NO4/c1-27-17(26)14(23-16(25)7-5-3-2-4-6-7)15(24)8-9(18)11(20)13(22)12(21)10(8)19/h2-6,14-15,24H,1H3,(H,23,25)/t14-,15+/m0/s1. The van der Waals surface area contributed by atoms with Gasteiger partial charge in [0.15, 0.2) is 29.3 Å². The van der Waals surface area contributed by atoms with E-state index in [1.807, 2.05) is 5.32 Å². The molecule has 0 fully saturated rings. The molecule has 0 saturated heterocycles. The second kappa shape index (κ2) is 8.12. The number of hydrogen-bond acceptors (Lipinski definition) is 4. The van der Waals surface area contributed by atoms with Crippen molar-refractivity contribution in [3.05, 3.63) is 70.5 Å². The lowest BCUT2D eigenvalue weighted by atomic mass is 9.99. The first-order valence-electron chi connectivity index (χ1n) is 7.33. The van der Waals surface area contributed by atoms with E-state index >= 15 is 0 Å². The average molecular weight is 389 g/mol. The van der Waals surface area contributed by atoms with Gasteiger partial charge in [0, 0.05) is 5.56 Å². The number of methoxy groups -OCH3 is 1. The van der Waals surface area contributed by atoms with Crippen LogP contribution in [0.5, 0.6) is 0 Å². The van der Waals surface area contributed by atoms with E-state index in [-0.39, 0.29) is 5.56 Å². The van der Waals surface area contributed by atoms with Crippen molar-refractivity contribution in [2.24, 2.45) is 0 Å². The number of amides is 1. The molecular formula is C17H12F5NO4. The Morgan fingerprint density at radius 2 is 1.41 bits per heavy atom. The number of aliphatic hydroxyl groups excluding tert-OH is 1. The summed E-state index contributed by atoms with van der Waals surface area (Å²) in [6, 6.07) is 5.04. The van der Waals surface area contributed by atoms with Crippen LogP contribution >= 0.6 is 0 Å². The number of carbonyl (C=O) groups excluding carboxylic acids is 2. The van der Waals surface area contributed by atoms with Gasteiger partial charge in [-0.05, 0) is 12.1 Å². The topological polar surface area (TPSA) is 75.6 Å². The maximum atomic E-state index is 13.9. The minimum absolute atomic E-state index is 0.0102. The van der Waals surface area contributed by atoms with Crippen LogP contribution in [-0.4, -0.2) is 30.1 Å². The summed E-state index contributed by atoms with van der Waals surface area (Å²) in [6.45, 7) is 0. The van der Waals surface area contributed by atoms with Gasteiger partial charge in [0.1, 0.15) is 6.10 Å². The van der Waals surface area contributed by atoms with E-state index in [2.05, 4.69) is 4.74 Å². The van der Waals surface area contributed by atoms with E-state index in [0.29, 0.717) is 0 Å². The SMILES string of the molecule is COC(=O)[C@@H](NC(=O)c1ccccc1)[C@H](O)c1c(F)c(F)c(F)c(F)c1F. The molecule has 0 aliphatic heterocycles. The molecule has 1 amide bonds. The van der Waals surface area contributed by atoms with Crippen molar-refractivity contribution in [2.45, 2.75) is 12.1 Å². The van der Waals surface area contributed by atoms with Crippen molar-refractivity contribution < 1.29 is 41.4 Å². The maximum Gasteiger partial charge on any atom is 0.331 e. The third-order valence-electron chi connectivity index (χ3n) is 3.63. The first kappa shape index (κ1) is 20.3. The quantitative estimate of drug-likeness (QED) is 0.356. The lowest BCUT2D eigenvalue weighted by molar-refractivity contribution is -0.146. The Morgan fingerprint density at radius 3 is 1.89 bits per heavy atom. The molecule has 5 nitrogen and oxygen atoms in total. The zero-order chi connectivity index (χ0) is 20.3. The Kier molecular flexibility index (Phi) is 6.11. The highest BCUT2D eigenvalue weighted by Gasteiger charge is 2.38. The maximum absolute atomic E-state index is 13.9. The third-order valence-corrected chi connectivity index (χ3v) is 3.63. The van der Waals surface area contributed by atoms with Gasteiger partial charge in [-0.15, -0.1) is 0 Å². The van der Waals surface area contributed by atoms with E-state index in [0.717, 1.165) is 7.11 Å². The van der Waals surface area contributed by atoms with Gasteiger partial charge in [0.05, 0.1) is 12.7 Å². The predicted molar refractivity (Wildman–Crippen MR) is 80.9 cm³/mol. The van der Waals surface area contributed by atoms with Crippen LogP contribution in [-0.2, 0) is 9.53 Å². The number of benzene rings is 2. The largest absolute Gasteiger partial charge is 0.467 e. The number of hydrogen-bond donors (Lipinski definition) is 2. The highest BCUT2D eigenvalue weighted by atomic mass is 19.2.